The first kappa shape index (κ1) is 11.3. The highest BCUT2D eigenvalue weighted by Gasteiger charge is 2.26. The summed E-state index contributed by atoms with van der Waals surface area (Å²) in [5.74, 6) is 1.52. The number of benzene rings is 1. The topological polar surface area (TPSA) is 68.1 Å². The Hall–Kier alpha value is -2.56. The van der Waals surface area contributed by atoms with Crippen molar-refractivity contribution in [3.05, 3.63) is 36.0 Å². The molecule has 0 fully saturated rings. The van der Waals surface area contributed by atoms with Crippen LogP contribution in [0.5, 0.6) is 5.75 Å². The number of nitrogens with zero attached hydrogens (tertiary/aromatic N) is 1. The van der Waals surface area contributed by atoms with E-state index >= 15 is 0 Å². The molecule has 0 atom stereocenters. The largest absolute Gasteiger partial charge is 0.496 e. The minimum Gasteiger partial charge on any atom is -0.496 e. The van der Waals surface area contributed by atoms with E-state index in [1.165, 1.54) is 6.39 Å². The summed E-state index contributed by atoms with van der Waals surface area (Å²) in [5.41, 5.74) is 3.55. The zero-order chi connectivity index (χ0) is 13.7. The second kappa shape index (κ2) is 3.96. The second-order valence-corrected chi connectivity index (χ2v) is 4.87. The fraction of sp³-hybridized carbons (Fsp3) is 0.200. The summed E-state index contributed by atoms with van der Waals surface area (Å²) < 4.78 is 10.8. The van der Waals surface area contributed by atoms with Gasteiger partial charge in [0.2, 0.25) is 0 Å². The average Bonchev–Trinajstić information content (AvgIpc) is 3.15. The van der Waals surface area contributed by atoms with Gasteiger partial charge in [-0.3, -0.25) is 4.79 Å². The van der Waals surface area contributed by atoms with E-state index in [1.807, 2.05) is 12.1 Å². The summed E-state index contributed by atoms with van der Waals surface area (Å²) in [7, 11) is 1.61. The van der Waals surface area contributed by atoms with Gasteiger partial charge in [-0.1, -0.05) is 0 Å². The Morgan fingerprint density at radius 2 is 2.25 bits per heavy atom. The molecule has 100 valence electrons. The molecule has 2 heterocycles. The Bertz CT molecular complexity index is 815. The van der Waals surface area contributed by atoms with Crippen LogP contribution < -0.4 is 4.74 Å². The van der Waals surface area contributed by atoms with Gasteiger partial charge in [-0.25, -0.2) is 4.98 Å². The Kier molecular flexibility index (Phi) is 2.24. The number of H-pyrrole nitrogens is 1. The summed E-state index contributed by atoms with van der Waals surface area (Å²) in [6.07, 6.45) is 4.38. The van der Waals surface area contributed by atoms with E-state index in [0.29, 0.717) is 17.9 Å². The SMILES string of the molecule is COc1cc2[nH]c3c(c2cc1-c1cnco1)C(=O)CC3. The van der Waals surface area contributed by atoms with E-state index in [-0.39, 0.29) is 5.78 Å². The molecule has 1 aliphatic rings. The van der Waals surface area contributed by atoms with Crippen LogP contribution in [0.1, 0.15) is 22.5 Å². The number of nitrogens with one attached hydrogen (secondary N) is 1. The molecule has 0 unspecified atom stereocenters. The third-order valence-corrected chi connectivity index (χ3v) is 3.78. The molecule has 0 radical (unpaired) electrons. The summed E-state index contributed by atoms with van der Waals surface area (Å²) >= 11 is 0. The molecular formula is C15H12N2O3. The highest BCUT2D eigenvalue weighted by Crippen LogP contribution is 2.38. The normalized spacial score (nSPS) is 13.9. The maximum absolute atomic E-state index is 12.0. The van der Waals surface area contributed by atoms with Crippen LogP contribution in [0.3, 0.4) is 0 Å². The monoisotopic (exact) mass is 268 g/mol. The first-order valence-corrected chi connectivity index (χ1v) is 6.42. The fourth-order valence-corrected chi connectivity index (χ4v) is 2.86. The minimum absolute atomic E-state index is 0.194. The smallest absolute Gasteiger partial charge is 0.181 e. The number of hydrogen-bond donors (Lipinski definition) is 1. The highest BCUT2D eigenvalue weighted by atomic mass is 16.5. The van der Waals surface area contributed by atoms with Gasteiger partial charge < -0.3 is 14.1 Å². The number of aromatic amines is 1. The lowest BCUT2D eigenvalue weighted by Gasteiger charge is -2.06. The zero-order valence-corrected chi connectivity index (χ0v) is 10.9. The van der Waals surface area contributed by atoms with Crippen molar-refractivity contribution in [2.45, 2.75) is 12.8 Å². The van der Waals surface area contributed by atoms with Crippen LogP contribution in [-0.2, 0) is 6.42 Å². The van der Waals surface area contributed by atoms with Gasteiger partial charge >= 0.3 is 0 Å². The number of ether oxygens (including phenoxy) is 1. The van der Waals surface area contributed by atoms with Crippen molar-refractivity contribution in [1.29, 1.82) is 0 Å². The molecule has 20 heavy (non-hydrogen) atoms. The average molecular weight is 268 g/mol. The van der Waals surface area contributed by atoms with E-state index in [4.69, 9.17) is 9.15 Å². The molecule has 5 nitrogen and oxygen atoms in total. The van der Waals surface area contributed by atoms with Crippen LogP contribution in [0.2, 0.25) is 0 Å². The molecule has 1 aromatic carbocycles. The molecule has 4 rings (SSSR count). The lowest BCUT2D eigenvalue weighted by molar-refractivity contribution is 0.0996. The van der Waals surface area contributed by atoms with E-state index in [2.05, 4.69) is 9.97 Å². The van der Waals surface area contributed by atoms with Gasteiger partial charge in [-0.2, -0.15) is 0 Å². The predicted molar refractivity (Wildman–Crippen MR) is 73.0 cm³/mol. The van der Waals surface area contributed by atoms with E-state index < -0.39 is 0 Å². The Labute approximate surface area is 114 Å². The number of oxazole rings is 1. The Morgan fingerprint density at radius 3 is 3.00 bits per heavy atom. The highest BCUT2D eigenvalue weighted by molar-refractivity contribution is 6.12. The molecule has 1 N–H and O–H groups in total. The third kappa shape index (κ3) is 1.43. The van der Waals surface area contributed by atoms with Gasteiger partial charge in [0.05, 0.1) is 24.4 Å². The molecule has 2 aromatic heterocycles. The number of rotatable bonds is 2. The number of hydrogen-bond acceptors (Lipinski definition) is 4. The van der Waals surface area contributed by atoms with E-state index in [1.54, 1.807) is 13.3 Å². The van der Waals surface area contributed by atoms with Crippen molar-refractivity contribution >= 4 is 16.7 Å². The third-order valence-electron chi connectivity index (χ3n) is 3.78. The number of methoxy groups -OCH3 is 1. The number of carbonyl (C=O) groups is 1. The van der Waals surface area contributed by atoms with Gasteiger partial charge in [0, 0.05) is 29.1 Å². The molecular weight excluding hydrogens is 256 g/mol. The molecule has 3 aromatic rings. The van der Waals surface area contributed by atoms with Crippen LogP contribution in [-0.4, -0.2) is 22.9 Å². The van der Waals surface area contributed by atoms with E-state index in [9.17, 15) is 4.79 Å². The second-order valence-electron chi connectivity index (χ2n) is 4.87. The summed E-state index contributed by atoms with van der Waals surface area (Å²) in [6, 6.07) is 3.84. The van der Waals surface area contributed by atoms with Gasteiger partial charge in [0.15, 0.2) is 17.9 Å². The summed E-state index contributed by atoms with van der Waals surface area (Å²) in [5, 5.41) is 0.926. The molecule has 5 heteroatoms. The van der Waals surface area contributed by atoms with Crippen molar-refractivity contribution in [3.63, 3.8) is 0 Å². The van der Waals surface area contributed by atoms with Crippen LogP contribution >= 0.6 is 0 Å². The molecule has 0 saturated heterocycles. The maximum atomic E-state index is 12.0. The number of carbonyl (C=O) groups excluding carboxylic acids is 1. The van der Waals surface area contributed by atoms with Crippen molar-refractivity contribution in [1.82, 2.24) is 9.97 Å². The summed E-state index contributed by atoms with van der Waals surface area (Å²) in [4.78, 5) is 19.2. The number of ketones is 1. The van der Waals surface area contributed by atoms with Gasteiger partial charge in [-0.05, 0) is 12.5 Å². The standard InChI is InChI=1S/C15H12N2O3/c1-19-13-5-11-8(4-9(13)14-6-16-7-20-14)15-10(17-11)2-3-12(15)18/h4-7,17H,2-3H2,1H3. The fourth-order valence-electron chi connectivity index (χ4n) is 2.86. The molecule has 0 spiro atoms. The number of aromatic nitrogens is 2. The molecule has 1 aliphatic carbocycles. The lowest BCUT2D eigenvalue weighted by Crippen LogP contribution is -1.92. The Morgan fingerprint density at radius 1 is 1.35 bits per heavy atom. The predicted octanol–water partition coefficient (Wildman–Crippen LogP) is 2.96. The van der Waals surface area contributed by atoms with Crippen molar-refractivity contribution in [2.75, 3.05) is 7.11 Å². The van der Waals surface area contributed by atoms with Crippen molar-refractivity contribution in [2.24, 2.45) is 0 Å². The number of fused-ring (bicyclic) bond motifs is 3. The van der Waals surface area contributed by atoms with Crippen molar-refractivity contribution < 1.29 is 13.9 Å². The van der Waals surface area contributed by atoms with E-state index in [0.717, 1.165) is 34.1 Å². The van der Waals surface area contributed by atoms with Gasteiger partial charge in [0.1, 0.15) is 5.75 Å². The van der Waals surface area contributed by atoms with Crippen LogP contribution in [0.15, 0.2) is 29.1 Å². The number of Topliss-reactive ketones (excluding diaryl/α,β-unsaturated/α-hetero) is 1. The van der Waals surface area contributed by atoms with Crippen LogP contribution in [0, 0.1) is 0 Å². The lowest BCUT2D eigenvalue weighted by atomic mass is 10.1. The molecule has 0 bridgehead atoms. The summed E-state index contributed by atoms with van der Waals surface area (Å²) in [6.45, 7) is 0. The van der Waals surface area contributed by atoms with Crippen LogP contribution in [0.25, 0.3) is 22.2 Å². The van der Waals surface area contributed by atoms with Gasteiger partial charge in [0.25, 0.3) is 0 Å². The Balaban J connectivity index is 2.04. The molecule has 0 saturated carbocycles. The first-order chi connectivity index (χ1) is 9.78. The molecule has 0 amide bonds. The van der Waals surface area contributed by atoms with Crippen molar-refractivity contribution in [3.8, 4) is 17.1 Å². The van der Waals surface area contributed by atoms with Gasteiger partial charge in [-0.15, -0.1) is 0 Å². The first-order valence-electron chi connectivity index (χ1n) is 6.42. The molecule has 0 aliphatic heterocycles. The van der Waals surface area contributed by atoms with Crippen LogP contribution in [0.4, 0.5) is 0 Å². The minimum atomic E-state index is 0.194. The number of aryl methyl sites for hydroxylation is 1. The zero-order valence-electron chi connectivity index (χ0n) is 10.9. The quantitative estimate of drug-likeness (QED) is 0.775. The maximum Gasteiger partial charge on any atom is 0.181 e.